The highest BCUT2D eigenvalue weighted by Gasteiger charge is 2.24. The Labute approximate surface area is 69.3 Å². The van der Waals surface area contributed by atoms with Crippen LogP contribution in [0.5, 0.6) is 0 Å². The molecule has 1 saturated heterocycles. The van der Waals surface area contributed by atoms with Crippen LogP contribution >= 0.6 is 0 Å². The first-order valence-corrected chi connectivity index (χ1v) is 4.54. The van der Waals surface area contributed by atoms with Gasteiger partial charge in [-0.25, -0.2) is 0 Å². The van der Waals surface area contributed by atoms with Crippen LogP contribution in [0.15, 0.2) is 0 Å². The van der Waals surface area contributed by atoms with E-state index in [2.05, 4.69) is 19.2 Å². The molecule has 1 N–H and O–H groups in total. The Morgan fingerprint density at radius 3 is 2.64 bits per heavy atom. The van der Waals surface area contributed by atoms with Crippen molar-refractivity contribution in [2.24, 2.45) is 5.92 Å². The van der Waals surface area contributed by atoms with Crippen LogP contribution in [0.3, 0.4) is 0 Å². The minimum Gasteiger partial charge on any atom is -0.375 e. The molecule has 11 heavy (non-hydrogen) atoms. The third-order valence-electron chi connectivity index (χ3n) is 2.52. The molecule has 2 nitrogen and oxygen atoms in total. The van der Waals surface area contributed by atoms with Gasteiger partial charge in [0.2, 0.25) is 0 Å². The maximum absolute atomic E-state index is 5.71. The standard InChI is InChI=1S/C9H19NO/c1-7-4-5-9(6-10-3)8(2)11-7/h7-10H,4-6H2,1-3H3/t7-,8+,9+/m0/s1. The van der Waals surface area contributed by atoms with Gasteiger partial charge in [-0.15, -0.1) is 0 Å². The van der Waals surface area contributed by atoms with Gasteiger partial charge in [-0.1, -0.05) is 0 Å². The minimum absolute atomic E-state index is 0.436. The van der Waals surface area contributed by atoms with Gasteiger partial charge in [0.1, 0.15) is 0 Å². The van der Waals surface area contributed by atoms with Crippen molar-refractivity contribution in [3.8, 4) is 0 Å². The van der Waals surface area contributed by atoms with Crippen LogP contribution in [-0.4, -0.2) is 25.8 Å². The van der Waals surface area contributed by atoms with E-state index >= 15 is 0 Å². The highest BCUT2D eigenvalue weighted by Crippen LogP contribution is 2.23. The molecule has 0 saturated carbocycles. The molecule has 0 aliphatic carbocycles. The van der Waals surface area contributed by atoms with E-state index in [0.717, 1.165) is 12.5 Å². The second kappa shape index (κ2) is 4.07. The molecule has 0 aromatic rings. The molecule has 0 aromatic carbocycles. The summed E-state index contributed by atoms with van der Waals surface area (Å²) in [6.45, 7) is 5.43. The molecular weight excluding hydrogens is 138 g/mol. The van der Waals surface area contributed by atoms with Gasteiger partial charge < -0.3 is 10.1 Å². The van der Waals surface area contributed by atoms with Gasteiger partial charge in [-0.3, -0.25) is 0 Å². The minimum atomic E-state index is 0.436. The van der Waals surface area contributed by atoms with Crippen LogP contribution in [0.2, 0.25) is 0 Å². The summed E-state index contributed by atoms with van der Waals surface area (Å²) in [5, 5.41) is 3.20. The molecule has 0 radical (unpaired) electrons. The lowest BCUT2D eigenvalue weighted by molar-refractivity contribution is -0.0634. The summed E-state index contributed by atoms with van der Waals surface area (Å²) in [5.41, 5.74) is 0. The lowest BCUT2D eigenvalue weighted by Gasteiger charge is -2.32. The van der Waals surface area contributed by atoms with Gasteiger partial charge in [0.05, 0.1) is 12.2 Å². The summed E-state index contributed by atoms with van der Waals surface area (Å²) in [5.74, 6) is 0.719. The Hall–Kier alpha value is -0.0800. The van der Waals surface area contributed by atoms with E-state index in [1.807, 2.05) is 7.05 Å². The second-order valence-corrected chi connectivity index (χ2v) is 3.55. The third-order valence-corrected chi connectivity index (χ3v) is 2.52. The molecule has 0 unspecified atom stereocenters. The van der Waals surface area contributed by atoms with Crippen LogP contribution < -0.4 is 5.32 Å². The average molecular weight is 157 g/mol. The Balaban J connectivity index is 2.31. The molecule has 1 aliphatic rings. The summed E-state index contributed by atoms with van der Waals surface area (Å²) >= 11 is 0. The molecule has 66 valence electrons. The Kier molecular flexibility index (Phi) is 3.34. The topological polar surface area (TPSA) is 21.3 Å². The van der Waals surface area contributed by atoms with Crippen molar-refractivity contribution < 1.29 is 4.74 Å². The lowest BCUT2D eigenvalue weighted by Crippen LogP contribution is -2.36. The van der Waals surface area contributed by atoms with E-state index in [-0.39, 0.29) is 0 Å². The summed E-state index contributed by atoms with van der Waals surface area (Å²) in [6, 6.07) is 0. The number of hydrogen-bond acceptors (Lipinski definition) is 2. The average Bonchev–Trinajstić information content (AvgIpc) is 1.95. The van der Waals surface area contributed by atoms with Crippen LogP contribution in [0.1, 0.15) is 26.7 Å². The second-order valence-electron chi connectivity index (χ2n) is 3.55. The predicted octanol–water partition coefficient (Wildman–Crippen LogP) is 1.41. The van der Waals surface area contributed by atoms with Crippen LogP contribution in [0.25, 0.3) is 0 Å². The van der Waals surface area contributed by atoms with E-state index in [4.69, 9.17) is 4.74 Å². The predicted molar refractivity (Wildman–Crippen MR) is 46.7 cm³/mol. The largest absolute Gasteiger partial charge is 0.375 e. The number of rotatable bonds is 2. The zero-order chi connectivity index (χ0) is 8.27. The molecule has 1 rings (SSSR count). The van der Waals surface area contributed by atoms with Crippen LogP contribution in [0, 0.1) is 5.92 Å². The molecule has 0 bridgehead atoms. The molecule has 3 atom stereocenters. The molecule has 0 aromatic heterocycles. The van der Waals surface area contributed by atoms with Gasteiger partial charge >= 0.3 is 0 Å². The number of hydrogen-bond donors (Lipinski definition) is 1. The van der Waals surface area contributed by atoms with Gasteiger partial charge in [0.25, 0.3) is 0 Å². The summed E-state index contributed by atoms with van der Waals surface area (Å²) in [6.07, 6.45) is 3.43. The van der Waals surface area contributed by atoms with E-state index in [0.29, 0.717) is 12.2 Å². The fraction of sp³-hybridized carbons (Fsp3) is 1.00. The quantitative estimate of drug-likeness (QED) is 0.654. The molecule has 0 amide bonds. The van der Waals surface area contributed by atoms with Crippen molar-refractivity contribution in [3.05, 3.63) is 0 Å². The molecule has 0 spiro atoms. The maximum Gasteiger partial charge on any atom is 0.0590 e. The van der Waals surface area contributed by atoms with Gasteiger partial charge in [0, 0.05) is 6.54 Å². The number of ether oxygens (including phenoxy) is 1. The molecule has 2 heteroatoms. The lowest BCUT2D eigenvalue weighted by atomic mass is 9.93. The maximum atomic E-state index is 5.71. The normalized spacial score (nSPS) is 39.0. The zero-order valence-corrected chi connectivity index (χ0v) is 7.76. The number of nitrogens with one attached hydrogen (secondary N) is 1. The smallest absolute Gasteiger partial charge is 0.0590 e. The highest BCUT2D eigenvalue weighted by molar-refractivity contribution is 4.75. The van der Waals surface area contributed by atoms with E-state index in [1.54, 1.807) is 0 Å². The summed E-state index contributed by atoms with van der Waals surface area (Å²) in [7, 11) is 2.00. The van der Waals surface area contributed by atoms with E-state index < -0.39 is 0 Å². The molecular formula is C9H19NO. The molecule has 1 fully saturated rings. The monoisotopic (exact) mass is 157 g/mol. The first-order chi connectivity index (χ1) is 5.24. The van der Waals surface area contributed by atoms with E-state index in [9.17, 15) is 0 Å². The Morgan fingerprint density at radius 2 is 2.09 bits per heavy atom. The zero-order valence-electron chi connectivity index (χ0n) is 7.76. The Bertz CT molecular complexity index is 116. The SMILES string of the molecule is CNC[C@H]1CC[C@H](C)O[C@@H]1C. The van der Waals surface area contributed by atoms with Gasteiger partial charge in [-0.2, -0.15) is 0 Å². The Morgan fingerprint density at radius 1 is 1.36 bits per heavy atom. The third kappa shape index (κ3) is 2.46. The van der Waals surface area contributed by atoms with Gasteiger partial charge in [0.15, 0.2) is 0 Å². The van der Waals surface area contributed by atoms with Crippen molar-refractivity contribution in [2.75, 3.05) is 13.6 Å². The summed E-state index contributed by atoms with van der Waals surface area (Å²) in [4.78, 5) is 0. The summed E-state index contributed by atoms with van der Waals surface area (Å²) < 4.78 is 5.71. The van der Waals surface area contributed by atoms with Crippen molar-refractivity contribution >= 4 is 0 Å². The first kappa shape index (κ1) is 9.01. The first-order valence-electron chi connectivity index (χ1n) is 4.54. The van der Waals surface area contributed by atoms with Crippen LogP contribution in [0.4, 0.5) is 0 Å². The van der Waals surface area contributed by atoms with Crippen molar-refractivity contribution in [1.29, 1.82) is 0 Å². The molecule has 1 aliphatic heterocycles. The van der Waals surface area contributed by atoms with Crippen molar-refractivity contribution in [2.45, 2.75) is 38.9 Å². The van der Waals surface area contributed by atoms with Crippen molar-refractivity contribution in [1.82, 2.24) is 5.32 Å². The molecule has 1 heterocycles. The van der Waals surface area contributed by atoms with Crippen molar-refractivity contribution in [3.63, 3.8) is 0 Å². The van der Waals surface area contributed by atoms with E-state index in [1.165, 1.54) is 12.8 Å². The fourth-order valence-electron chi connectivity index (χ4n) is 1.76. The fourth-order valence-corrected chi connectivity index (χ4v) is 1.76. The highest BCUT2D eigenvalue weighted by atomic mass is 16.5. The van der Waals surface area contributed by atoms with Gasteiger partial charge in [-0.05, 0) is 39.7 Å². The van der Waals surface area contributed by atoms with Crippen LogP contribution in [-0.2, 0) is 4.74 Å².